The van der Waals surface area contributed by atoms with Crippen LogP contribution in [0.5, 0.6) is 0 Å². The van der Waals surface area contributed by atoms with Crippen molar-refractivity contribution in [3.8, 4) is 0 Å². The largest absolute Gasteiger partial charge is 0.478 e. The minimum atomic E-state index is -0.939. The maximum atomic E-state index is 10.4. The van der Waals surface area contributed by atoms with E-state index in [0.29, 0.717) is 0 Å². The zero-order chi connectivity index (χ0) is 8.97. The summed E-state index contributed by atoms with van der Waals surface area (Å²) < 4.78 is 0. The highest BCUT2D eigenvalue weighted by Crippen LogP contribution is 2.01. The SMILES string of the molecule is N/N=C\c1ccc(C(=O)O)cc1. The van der Waals surface area contributed by atoms with Gasteiger partial charge in [0.2, 0.25) is 0 Å². The fourth-order valence-electron chi connectivity index (χ4n) is 0.798. The highest BCUT2D eigenvalue weighted by molar-refractivity contribution is 5.89. The van der Waals surface area contributed by atoms with Gasteiger partial charge in [-0.1, -0.05) is 12.1 Å². The van der Waals surface area contributed by atoms with E-state index in [1.54, 1.807) is 12.1 Å². The minimum absolute atomic E-state index is 0.254. The molecular weight excluding hydrogens is 156 g/mol. The molecule has 0 fully saturated rings. The number of carboxylic acids is 1. The van der Waals surface area contributed by atoms with Crippen molar-refractivity contribution in [1.29, 1.82) is 0 Å². The molecule has 12 heavy (non-hydrogen) atoms. The predicted molar refractivity (Wildman–Crippen MR) is 45.2 cm³/mol. The maximum absolute atomic E-state index is 10.4. The molecule has 4 nitrogen and oxygen atoms in total. The summed E-state index contributed by atoms with van der Waals surface area (Å²) in [6, 6.07) is 6.28. The lowest BCUT2D eigenvalue weighted by Crippen LogP contribution is -1.96. The first kappa shape index (κ1) is 8.26. The molecule has 0 radical (unpaired) electrons. The van der Waals surface area contributed by atoms with Crippen molar-refractivity contribution in [3.63, 3.8) is 0 Å². The molecule has 0 spiro atoms. The molecule has 0 amide bonds. The zero-order valence-electron chi connectivity index (χ0n) is 6.27. The number of nitrogens with zero attached hydrogens (tertiary/aromatic N) is 1. The van der Waals surface area contributed by atoms with Gasteiger partial charge in [0, 0.05) is 0 Å². The number of hydrogen-bond acceptors (Lipinski definition) is 3. The summed E-state index contributed by atoms with van der Waals surface area (Å²) in [4.78, 5) is 10.4. The van der Waals surface area contributed by atoms with Crippen molar-refractivity contribution in [2.75, 3.05) is 0 Å². The Morgan fingerprint density at radius 2 is 2.00 bits per heavy atom. The van der Waals surface area contributed by atoms with E-state index in [-0.39, 0.29) is 5.56 Å². The second-order valence-corrected chi connectivity index (χ2v) is 2.21. The van der Waals surface area contributed by atoms with E-state index in [1.165, 1.54) is 18.3 Å². The molecule has 4 heteroatoms. The summed E-state index contributed by atoms with van der Waals surface area (Å²) in [7, 11) is 0. The normalized spacial score (nSPS) is 10.3. The third kappa shape index (κ3) is 1.82. The van der Waals surface area contributed by atoms with Gasteiger partial charge in [-0.15, -0.1) is 0 Å². The molecule has 0 unspecified atom stereocenters. The van der Waals surface area contributed by atoms with Gasteiger partial charge in [-0.2, -0.15) is 5.10 Å². The minimum Gasteiger partial charge on any atom is -0.478 e. The first-order valence-corrected chi connectivity index (χ1v) is 3.30. The van der Waals surface area contributed by atoms with Gasteiger partial charge in [0.25, 0.3) is 0 Å². The number of rotatable bonds is 2. The van der Waals surface area contributed by atoms with Crippen molar-refractivity contribution in [2.24, 2.45) is 10.9 Å². The number of hydrazone groups is 1. The van der Waals surface area contributed by atoms with Crippen LogP contribution in [0.4, 0.5) is 0 Å². The van der Waals surface area contributed by atoms with Gasteiger partial charge in [-0.3, -0.25) is 0 Å². The standard InChI is InChI=1S/C8H8N2O2/c9-10-5-6-1-3-7(4-2-6)8(11)12/h1-5H,9H2,(H,11,12)/b10-5-. The van der Waals surface area contributed by atoms with Crippen LogP contribution in [-0.2, 0) is 0 Å². The highest BCUT2D eigenvalue weighted by atomic mass is 16.4. The summed E-state index contributed by atoms with van der Waals surface area (Å²) >= 11 is 0. The quantitative estimate of drug-likeness (QED) is 0.383. The number of hydrogen-bond donors (Lipinski definition) is 2. The average molecular weight is 164 g/mol. The second-order valence-electron chi connectivity index (χ2n) is 2.21. The number of carboxylic acid groups (broad SMARTS) is 1. The monoisotopic (exact) mass is 164 g/mol. The summed E-state index contributed by atoms with van der Waals surface area (Å²) in [6.07, 6.45) is 1.45. The van der Waals surface area contributed by atoms with Crippen molar-refractivity contribution in [1.82, 2.24) is 0 Å². The molecule has 3 N–H and O–H groups in total. The van der Waals surface area contributed by atoms with Crippen LogP contribution in [0.15, 0.2) is 29.4 Å². The van der Waals surface area contributed by atoms with Crippen LogP contribution in [0.25, 0.3) is 0 Å². The average Bonchev–Trinajstić information content (AvgIpc) is 2.06. The Hall–Kier alpha value is -1.84. The Labute approximate surface area is 69.3 Å². The van der Waals surface area contributed by atoms with Crippen LogP contribution >= 0.6 is 0 Å². The number of benzene rings is 1. The van der Waals surface area contributed by atoms with Crippen LogP contribution in [0.3, 0.4) is 0 Å². The molecule has 0 saturated heterocycles. The van der Waals surface area contributed by atoms with Gasteiger partial charge in [-0.05, 0) is 17.7 Å². The second kappa shape index (κ2) is 3.52. The highest BCUT2D eigenvalue weighted by Gasteiger charge is 1.99. The van der Waals surface area contributed by atoms with Crippen molar-refractivity contribution >= 4 is 12.2 Å². The Balaban J connectivity index is 2.93. The Bertz CT molecular complexity index is 303. The van der Waals surface area contributed by atoms with E-state index in [0.717, 1.165) is 5.56 Å². The maximum Gasteiger partial charge on any atom is 0.335 e. The first-order chi connectivity index (χ1) is 5.74. The Morgan fingerprint density at radius 3 is 2.42 bits per heavy atom. The molecule has 0 bridgehead atoms. The van der Waals surface area contributed by atoms with E-state index in [9.17, 15) is 4.79 Å². The summed E-state index contributed by atoms with van der Waals surface area (Å²) in [5, 5.41) is 11.9. The molecule has 0 heterocycles. The number of nitrogens with two attached hydrogens (primary N) is 1. The fraction of sp³-hybridized carbons (Fsp3) is 0. The summed E-state index contributed by atoms with van der Waals surface area (Å²) in [5.41, 5.74) is 1.03. The molecule has 0 saturated carbocycles. The molecule has 1 aromatic carbocycles. The summed E-state index contributed by atoms with van der Waals surface area (Å²) in [6.45, 7) is 0. The lowest BCUT2D eigenvalue weighted by atomic mass is 10.1. The van der Waals surface area contributed by atoms with Gasteiger partial charge in [-0.25, -0.2) is 4.79 Å². The van der Waals surface area contributed by atoms with E-state index in [2.05, 4.69) is 5.10 Å². The van der Waals surface area contributed by atoms with Crippen molar-refractivity contribution in [2.45, 2.75) is 0 Å². The van der Waals surface area contributed by atoms with Crippen LogP contribution in [0.1, 0.15) is 15.9 Å². The third-order valence-electron chi connectivity index (χ3n) is 1.38. The topological polar surface area (TPSA) is 75.7 Å². The molecule has 0 aliphatic carbocycles. The molecule has 1 rings (SSSR count). The van der Waals surface area contributed by atoms with E-state index in [1.807, 2.05) is 0 Å². The fourth-order valence-corrected chi connectivity index (χ4v) is 0.798. The predicted octanol–water partition coefficient (Wildman–Crippen LogP) is 0.677. The molecule has 0 aliphatic rings. The Morgan fingerprint density at radius 1 is 1.42 bits per heavy atom. The van der Waals surface area contributed by atoms with Gasteiger partial charge in [0.1, 0.15) is 0 Å². The van der Waals surface area contributed by atoms with Crippen molar-refractivity contribution in [3.05, 3.63) is 35.4 Å². The summed E-state index contributed by atoms with van der Waals surface area (Å²) in [5.74, 6) is 3.97. The van der Waals surface area contributed by atoms with Crippen LogP contribution in [0, 0.1) is 0 Å². The lowest BCUT2D eigenvalue weighted by molar-refractivity contribution is 0.0697. The van der Waals surface area contributed by atoms with Gasteiger partial charge < -0.3 is 10.9 Å². The van der Waals surface area contributed by atoms with Crippen molar-refractivity contribution < 1.29 is 9.90 Å². The zero-order valence-corrected chi connectivity index (χ0v) is 6.27. The molecular formula is C8H8N2O2. The molecule has 0 aromatic heterocycles. The van der Waals surface area contributed by atoms with E-state index >= 15 is 0 Å². The molecule has 0 aliphatic heterocycles. The van der Waals surface area contributed by atoms with Gasteiger partial charge in [0.15, 0.2) is 0 Å². The molecule has 62 valence electrons. The van der Waals surface area contributed by atoms with Crippen LogP contribution in [0.2, 0.25) is 0 Å². The van der Waals surface area contributed by atoms with Crippen LogP contribution < -0.4 is 5.84 Å². The molecule has 0 atom stereocenters. The van der Waals surface area contributed by atoms with Crippen LogP contribution in [-0.4, -0.2) is 17.3 Å². The third-order valence-corrected chi connectivity index (χ3v) is 1.38. The smallest absolute Gasteiger partial charge is 0.335 e. The van der Waals surface area contributed by atoms with E-state index < -0.39 is 5.97 Å². The number of carbonyl (C=O) groups is 1. The van der Waals surface area contributed by atoms with Gasteiger partial charge >= 0.3 is 5.97 Å². The first-order valence-electron chi connectivity index (χ1n) is 3.30. The Kier molecular flexibility index (Phi) is 2.42. The number of aromatic carboxylic acids is 1. The molecule has 1 aromatic rings. The van der Waals surface area contributed by atoms with E-state index in [4.69, 9.17) is 10.9 Å². The lowest BCUT2D eigenvalue weighted by Gasteiger charge is -1.93. The van der Waals surface area contributed by atoms with Gasteiger partial charge in [0.05, 0.1) is 11.8 Å².